The molecule has 0 saturated heterocycles. The second-order valence-corrected chi connectivity index (χ2v) is 8.90. The Morgan fingerprint density at radius 2 is 1.89 bits per heavy atom. The fraction of sp³-hybridized carbons (Fsp3) is 0.593. The fourth-order valence-corrected chi connectivity index (χ4v) is 4.18. The normalized spacial score (nSPS) is 19.4. The topological polar surface area (TPSA) is 17.1 Å². The van der Waals surface area contributed by atoms with Crippen LogP contribution in [0.2, 0.25) is 0 Å². The molecule has 3 atom stereocenters. The van der Waals surface area contributed by atoms with Crippen molar-refractivity contribution in [2.75, 3.05) is 0 Å². The fourth-order valence-electron chi connectivity index (χ4n) is 4.18. The molecule has 1 aliphatic carbocycles. The molecule has 0 heterocycles. The Labute approximate surface area is 174 Å². The van der Waals surface area contributed by atoms with Crippen molar-refractivity contribution in [2.24, 2.45) is 17.8 Å². The lowest BCUT2D eigenvalue weighted by molar-refractivity contribution is -0.117. The van der Waals surface area contributed by atoms with Crippen LogP contribution >= 0.6 is 0 Å². The summed E-state index contributed by atoms with van der Waals surface area (Å²) in [6.45, 7) is 19.3. The van der Waals surface area contributed by atoms with Gasteiger partial charge in [0.25, 0.3) is 0 Å². The van der Waals surface area contributed by atoms with E-state index in [0.717, 1.165) is 25.7 Å². The van der Waals surface area contributed by atoms with Crippen LogP contribution < -0.4 is 0 Å². The van der Waals surface area contributed by atoms with Gasteiger partial charge >= 0.3 is 0 Å². The lowest BCUT2D eigenvalue weighted by Gasteiger charge is -2.29. The summed E-state index contributed by atoms with van der Waals surface area (Å²) in [5.41, 5.74) is 7.34. The molecule has 156 valence electrons. The van der Waals surface area contributed by atoms with Crippen LogP contribution in [0.15, 0.2) is 58.7 Å². The molecule has 0 aromatic heterocycles. The van der Waals surface area contributed by atoms with E-state index < -0.39 is 0 Å². The van der Waals surface area contributed by atoms with Crippen molar-refractivity contribution in [2.45, 2.75) is 87.0 Å². The van der Waals surface area contributed by atoms with Crippen LogP contribution in [0.1, 0.15) is 87.0 Å². The molecule has 1 nitrogen and oxygen atoms in total. The van der Waals surface area contributed by atoms with Crippen LogP contribution in [0.5, 0.6) is 0 Å². The van der Waals surface area contributed by atoms with Crippen molar-refractivity contribution in [3.05, 3.63) is 58.7 Å². The number of rotatable bonds is 11. The van der Waals surface area contributed by atoms with E-state index >= 15 is 0 Å². The van der Waals surface area contributed by atoms with Gasteiger partial charge in [-0.25, -0.2) is 0 Å². The first-order valence-corrected chi connectivity index (χ1v) is 11.0. The van der Waals surface area contributed by atoms with E-state index in [-0.39, 0.29) is 5.78 Å². The molecule has 0 saturated carbocycles. The summed E-state index contributed by atoms with van der Waals surface area (Å²) in [7, 11) is 0. The molecule has 2 unspecified atom stereocenters. The Balaban J connectivity index is 2.84. The Kier molecular flexibility index (Phi) is 10.5. The minimum absolute atomic E-state index is 0.275. The van der Waals surface area contributed by atoms with Gasteiger partial charge in [-0.05, 0) is 83.6 Å². The van der Waals surface area contributed by atoms with E-state index in [1.165, 1.54) is 34.3 Å². The standard InChI is InChI=1S/C27H42O/c1-9-20(5)17-22(7)26(19(3)4)16-14-24-13-11-21(6)27(18-24)25(10-2)15-12-23(8)28/h10-11,13,17,20,25,27H,2,9,12,14-16,18H2,1,3-8H3/b22-17-/t20-,25?,27?/m1/s1. The summed E-state index contributed by atoms with van der Waals surface area (Å²) in [5.74, 6) is 1.78. The quantitative estimate of drug-likeness (QED) is 0.260. The monoisotopic (exact) mass is 382 g/mol. The molecular weight excluding hydrogens is 340 g/mol. The van der Waals surface area contributed by atoms with Gasteiger partial charge in [0, 0.05) is 6.42 Å². The third kappa shape index (κ3) is 7.78. The second kappa shape index (κ2) is 12.0. The Bertz CT molecular complexity index is 664. The van der Waals surface area contributed by atoms with Crippen LogP contribution in [-0.4, -0.2) is 5.78 Å². The van der Waals surface area contributed by atoms with E-state index in [0.29, 0.717) is 24.2 Å². The molecule has 0 radical (unpaired) electrons. The molecule has 28 heavy (non-hydrogen) atoms. The SMILES string of the molecule is C=CC(CCC(C)=O)C1CC(CCC(=C(C)C)/C(C)=C\[C@H](C)CC)=CC=C1C. The predicted molar refractivity (Wildman–Crippen MR) is 124 cm³/mol. The van der Waals surface area contributed by atoms with Crippen LogP contribution in [0, 0.1) is 17.8 Å². The predicted octanol–water partition coefficient (Wildman–Crippen LogP) is 8.16. The lowest BCUT2D eigenvalue weighted by Crippen LogP contribution is -2.18. The van der Waals surface area contributed by atoms with Crippen molar-refractivity contribution in [3.63, 3.8) is 0 Å². The number of allylic oxidation sites excluding steroid dienone is 9. The van der Waals surface area contributed by atoms with Crippen LogP contribution in [0.25, 0.3) is 0 Å². The third-order valence-corrected chi connectivity index (χ3v) is 6.25. The van der Waals surface area contributed by atoms with E-state index in [4.69, 9.17) is 0 Å². The number of carbonyl (C=O) groups is 1. The Morgan fingerprint density at radius 3 is 2.43 bits per heavy atom. The highest BCUT2D eigenvalue weighted by molar-refractivity contribution is 5.75. The van der Waals surface area contributed by atoms with Crippen LogP contribution in [0.3, 0.4) is 0 Å². The molecule has 0 spiro atoms. The van der Waals surface area contributed by atoms with Gasteiger partial charge in [0.2, 0.25) is 0 Å². The minimum atomic E-state index is 0.275. The maximum Gasteiger partial charge on any atom is 0.129 e. The number of hydrogen-bond acceptors (Lipinski definition) is 1. The molecule has 0 aromatic carbocycles. The number of hydrogen-bond donors (Lipinski definition) is 0. The van der Waals surface area contributed by atoms with Gasteiger partial charge < -0.3 is 4.79 Å². The Morgan fingerprint density at radius 1 is 1.21 bits per heavy atom. The molecule has 1 aliphatic rings. The molecule has 0 aromatic rings. The van der Waals surface area contributed by atoms with Gasteiger partial charge in [-0.1, -0.05) is 66.9 Å². The van der Waals surface area contributed by atoms with Gasteiger partial charge in [0.15, 0.2) is 0 Å². The van der Waals surface area contributed by atoms with Crippen LogP contribution in [0.4, 0.5) is 0 Å². The molecule has 1 heteroatoms. The summed E-state index contributed by atoms with van der Waals surface area (Å²) >= 11 is 0. The smallest absolute Gasteiger partial charge is 0.129 e. The summed E-state index contributed by atoms with van der Waals surface area (Å²) in [4.78, 5) is 11.4. The summed E-state index contributed by atoms with van der Waals surface area (Å²) in [6, 6.07) is 0. The van der Waals surface area contributed by atoms with Crippen molar-refractivity contribution in [3.8, 4) is 0 Å². The highest BCUT2D eigenvalue weighted by Crippen LogP contribution is 2.37. The van der Waals surface area contributed by atoms with Gasteiger partial charge in [-0.2, -0.15) is 0 Å². The number of carbonyl (C=O) groups excluding carboxylic acids is 1. The number of ketones is 1. The summed E-state index contributed by atoms with van der Waals surface area (Å²) < 4.78 is 0. The third-order valence-electron chi connectivity index (χ3n) is 6.25. The molecule has 0 fully saturated rings. The maximum atomic E-state index is 11.4. The zero-order chi connectivity index (χ0) is 21.3. The van der Waals surface area contributed by atoms with E-state index in [1.807, 2.05) is 0 Å². The van der Waals surface area contributed by atoms with Gasteiger partial charge in [0.1, 0.15) is 5.78 Å². The highest BCUT2D eigenvalue weighted by atomic mass is 16.1. The Hall–Kier alpha value is -1.63. The zero-order valence-corrected chi connectivity index (χ0v) is 19.4. The van der Waals surface area contributed by atoms with Gasteiger partial charge in [-0.3, -0.25) is 0 Å². The summed E-state index contributed by atoms with van der Waals surface area (Å²) in [6.07, 6.45) is 15.2. The van der Waals surface area contributed by atoms with E-state index in [2.05, 4.69) is 72.4 Å². The second-order valence-electron chi connectivity index (χ2n) is 8.90. The molecule has 0 N–H and O–H groups in total. The molecule has 0 amide bonds. The largest absolute Gasteiger partial charge is 0.300 e. The van der Waals surface area contributed by atoms with Crippen molar-refractivity contribution in [1.82, 2.24) is 0 Å². The van der Waals surface area contributed by atoms with Crippen molar-refractivity contribution < 1.29 is 4.79 Å². The first-order chi connectivity index (χ1) is 13.2. The maximum absolute atomic E-state index is 11.4. The lowest BCUT2D eigenvalue weighted by atomic mass is 9.75. The average Bonchev–Trinajstić information content (AvgIpc) is 2.63. The van der Waals surface area contributed by atoms with Gasteiger partial charge in [0.05, 0.1) is 0 Å². The molecule has 0 bridgehead atoms. The summed E-state index contributed by atoms with van der Waals surface area (Å²) in [5, 5.41) is 0. The molecule has 1 rings (SSSR count). The number of Topliss-reactive ketones (excluding diaryl/α,β-unsaturated/α-hetero) is 1. The zero-order valence-electron chi connectivity index (χ0n) is 19.4. The van der Waals surface area contributed by atoms with Gasteiger partial charge in [-0.15, -0.1) is 6.58 Å². The highest BCUT2D eigenvalue weighted by Gasteiger charge is 2.24. The van der Waals surface area contributed by atoms with Crippen molar-refractivity contribution in [1.29, 1.82) is 0 Å². The molecule has 0 aliphatic heterocycles. The van der Waals surface area contributed by atoms with E-state index in [9.17, 15) is 4.79 Å². The van der Waals surface area contributed by atoms with Crippen LogP contribution in [-0.2, 0) is 4.79 Å². The molecular formula is C27H42O. The minimum Gasteiger partial charge on any atom is -0.300 e. The first-order valence-electron chi connectivity index (χ1n) is 11.0. The van der Waals surface area contributed by atoms with Crippen molar-refractivity contribution >= 4 is 5.78 Å². The average molecular weight is 383 g/mol. The first kappa shape index (κ1) is 24.4. The van der Waals surface area contributed by atoms with E-state index in [1.54, 1.807) is 6.92 Å².